The Balaban J connectivity index is 1.19. The van der Waals surface area contributed by atoms with Crippen LogP contribution >= 0.6 is 0 Å². The molecule has 5 aliphatic carbocycles. The average molecular weight is 822 g/mol. The van der Waals surface area contributed by atoms with Gasteiger partial charge in [-0.2, -0.15) is 0 Å². The van der Waals surface area contributed by atoms with Crippen molar-refractivity contribution in [3.63, 3.8) is 0 Å². The fourth-order valence-corrected chi connectivity index (χ4v) is 14.5. The maximum atomic E-state index is 14.5. The van der Waals surface area contributed by atoms with Crippen LogP contribution in [0, 0.1) is 50.2 Å². The molecule has 5 rings (SSSR count). The fraction of sp³-hybridized carbons (Fsp3) is 0.906. The zero-order chi connectivity index (χ0) is 43.0. The molecule has 5 aliphatic rings. The van der Waals surface area contributed by atoms with Gasteiger partial charge in [0.25, 0.3) is 0 Å². The van der Waals surface area contributed by atoms with Gasteiger partial charge in [0.1, 0.15) is 6.10 Å². The summed E-state index contributed by atoms with van der Waals surface area (Å²) < 4.78 is 6.42. The van der Waals surface area contributed by atoms with E-state index in [0.717, 1.165) is 103 Å². The van der Waals surface area contributed by atoms with Crippen LogP contribution in [0.15, 0.2) is 11.6 Å². The number of amides is 1. The number of hydrogen-bond acceptors (Lipinski definition) is 4. The molecule has 2 N–H and O–H groups in total. The van der Waals surface area contributed by atoms with E-state index in [1.807, 2.05) is 0 Å². The van der Waals surface area contributed by atoms with Gasteiger partial charge in [0, 0.05) is 24.8 Å². The fourth-order valence-electron chi connectivity index (χ4n) is 14.5. The van der Waals surface area contributed by atoms with Crippen molar-refractivity contribution in [1.82, 2.24) is 5.32 Å². The molecule has 59 heavy (non-hydrogen) atoms. The van der Waals surface area contributed by atoms with Gasteiger partial charge in [-0.1, -0.05) is 157 Å². The van der Waals surface area contributed by atoms with Gasteiger partial charge in [0.15, 0.2) is 0 Å². The Morgan fingerprint density at radius 3 is 1.88 bits per heavy atom. The van der Waals surface area contributed by atoms with E-state index in [9.17, 15) is 14.4 Å². The molecule has 4 saturated carbocycles. The number of ether oxygens (including phenoxy) is 1. The third-order valence-corrected chi connectivity index (χ3v) is 18.4. The molecule has 0 aromatic heterocycles. The maximum Gasteiger partial charge on any atom is 0.306 e. The molecule has 0 saturated heterocycles. The second kappa shape index (κ2) is 20.6. The number of nitrogens with one attached hydrogen (secondary N) is 1. The van der Waals surface area contributed by atoms with Gasteiger partial charge >= 0.3 is 11.9 Å². The van der Waals surface area contributed by atoms with Gasteiger partial charge in [-0.3, -0.25) is 14.4 Å². The van der Waals surface area contributed by atoms with E-state index in [2.05, 4.69) is 66.8 Å². The predicted molar refractivity (Wildman–Crippen MR) is 243 cm³/mol. The second-order valence-electron chi connectivity index (χ2n) is 23.0. The van der Waals surface area contributed by atoms with Crippen LogP contribution in [0.2, 0.25) is 0 Å². The van der Waals surface area contributed by atoms with Crippen molar-refractivity contribution < 1.29 is 24.2 Å². The number of hydrogen-bond donors (Lipinski definition) is 2. The number of esters is 1. The molecule has 8 atom stereocenters. The van der Waals surface area contributed by atoms with Crippen LogP contribution < -0.4 is 5.32 Å². The van der Waals surface area contributed by atoms with Crippen molar-refractivity contribution in [2.45, 2.75) is 248 Å². The van der Waals surface area contributed by atoms with E-state index >= 15 is 0 Å². The summed E-state index contributed by atoms with van der Waals surface area (Å²) in [6.07, 6.45) is 34.5. The first-order valence-corrected chi connectivity index (χ1v) is 25.4. The highest BCUT2D eigenvalue weighted by atomic mass is 16.5. The van der Waals surface area contributed by atoms with Gasteiger partial charge < -0.3 is 15.2 Å². The summed E-state index contributed by atoms with van der Waals surface area (Å²) in [6.45, 7) is 20.7. The molecule has 3 unspecified atom stereocenters. The molecule has 4 fully saturated rings. The monoisotopic (exact) mass is 822 g/mol. The Bertz CT molecular complexity index is 1430. The third kappa shape index (κ3) is 10.7. The minimum Gasteiger partial charge on any atom is -0.481 e. The number of unbranched alkanes of at least 4 members (excludes halogenated alkanes) is 15. The number of carbonyl (C=O) groups excluding carboxylic acids is 2. The summed E-state index contributed by atoms with van der Waals surface area (Å²) in [4.78, 5) is 38.5. The minimum atomic E-state index is -0.689. The van der Waals surface area contributed by atoms with Crippen LogP contribution in [0.25, 0.3) is 0 Å². The van der Waals surface area contributed by atoms with Crippen LogP contribution in [0.1, 0.15) is 242 Å². The summed E-state index contributed by atoms with van der Waals surface area (Å²) in [5.74, 6) is 1.09. The Labute approximate surface area is 362 Å². The summed E-state index contributed by atoms with van der Waals surface area (Å²) in [6, 6.07) is 0. The van der Waals surface area contributed by atoms with Gasteiger partial charge in [-0.15, -0.1) is 0 Å². The molecule has 0 aromatic carbocycles. The number of allylic oxidation sites excluding steroid dienone is 2. The first-order valence-electron chi connectivity index (χ1n) is 25.4. The summed E-state index contributed by atoms with van der Waals surface area (Å²) in [5, 5.41) is 12.4. The lowest BCUT2D eigenvalue weighted by Gasteiger charge is -2.71. The highest BCUT2D eigenvalue weighted by Gasteiger charge is 2.69. The Kier molecular flexibility index (Phi) is 16.8. The van der Waals surface area contributed by atoms with Crippen LogP contribution in [-0.2, 0) is 19.1 Å². The van der Waals surface area contributed by atoms with Crippen LogP contribution in [0.5, 0.6) is 0 Å². The topological polar surface area (TPSA) is 92.7 Å². The average Bonchev–Trinajstić information content (AvgIpc) is 3.17. The largest absolute Gasteiger partial charge is 0.481 e. The number of carboxylic acid groups (broad SMARTS) is 1. The molecule has 6 heteroatoms. The zero-order valence-corrected chi connectivity index (χ0v) is 39.7. The molecule has 1 amide bonds. The lowest BCUT2D eigenvalue weighted by molar-refractivity contribution is -0.213. The predicted octanol–water partition coefficient (Wildman–Crippen LogP) is 14.3. The standard InChI is InChI=1S/C53H91NO5/c1-9-10-11-12-13-14-18-21-24-27-46(57)59-44-31-32-50(6)42(49(44,4)5)30-33-52(8)43(50)29-28-40-41-39-48(2,3)34-36-53(41,37-35-51(40,52)7)47(58)54-38-25-22-19-16-15-17-20-23-26-45(55)56/h28,41-44H,9-27,29-39H2,1-8H3,(H,54,58)(H,55,56)/t41?,42?,43?,44-,50-,51+,52+,53-/m0/s1. The second-order valence-corrected chi connectivity index (χ2v) is 23.0. The number of carboxylic acids is 1. The maximum absolute atomic E-state index is 14.5. The Hall–Kier alpha value is -1.85. The molecular weight excluding hydrogens is 731 g/mol. The van der Waals surface area contributed by atoms with Crippen molar-refractivity contribution in [3.05, 3.63) is 11.6 Å². The van der Waals surface area contributed by atoms with Crippen LogP contribution in [-0.4, -0.2) is 35.6 Å². The van der Waals surface area contributed by atoms with E-state index in [1.54, 1.807) is 5.57 Å². The number of carbonyl (C=O) groups is 3. The van der Waals surface area contributed by atoms with Crippen molar-refractivity contribution in [3.8, 4) is 0 Å². The SMILES string of the molecule is CCCCCCCCCCCC(=O)O[C@H]1CC[C@@]2(C)C(CC[C@]3(C)C2CC=C2C4CC(C)(C)CC[C@]4(C(=O)NCCCCCCCCCCC(=O)O)CC[C@]23C)C1(C)C. The number of aliphatic carboxylic acids is 1. The van der Waals surface area contributed by atoms with Crippen molar-refractivity contribution in [2.24, 2.45) is 50.2 Å². The van der Waals surface area contributed by atoms with E-state index in [-0.39, 0.29) is 51.0 Å². The molecule has 0 radical (unpaired) electrons. The van der Waals surface area contributed by atoms with Crippen LogP contribution in [0.4, 0.5) is 0 Å². The minimum absolute atomic E-state index is 0.00131. The summed E-state index contributed by atoms with van der Waals surface area (Å²) in [5.41, 5.74) is 1.98. The van der Waals surface area contributed by atoms with E-state index in [4.69, 9.17) is 9.84 Å². The third-order valence-electron chi connectivity index (χ3n) is 18.4. The molecule has 0 heterocycles. The lowest BCUT2D eigenvalue weighted by atomic mass is 9.33. The van der Waals surface area contributed by atoms with E-state index in [0.29, 0.717) is 30.1 Å². The quantitative estimate of drug-likeness (QED) is 0.0608. The van der Waals surface area contributed by atoms with E-state index in [1.165, 1.54) is 77.0 Å². The smallest absolute Gasteiger partial charge is 0.306 e. The van der Waals surface area contributed by atoms with Gasteiger partial charge in [0.05, 0.1) is 5.41 Å². The summed E-state index contributed by atoms with van der Waals surface area (Å²) >= 11 is 0. The zero-order valence-electron chi connectivity index (χ0n) is 39.7. The van der Waals surface area contributed by atoms with Crippen molar-refractivity contribution in [2.75, 3.05) is 6.54 Å². The molecule has 0 aromatic rings. The number of rotatable bonds is 23. The highest BCUT2D eigenvalue weighted by Crippen LogP contribution is 2.76. The molecule has 0 bridgehead atoms. The van der Waals surface area contributed by atoms with Gasteiger partial charge in [-0.05, 0) is 123 Å². The first kappa shape index (κ1) is 48.2. The van der Waals surface area contributed by atoms with Crippen LogP contribution in [0.3, 0.4) is 0 Å². The molecular formula is C53H91NO5. The lowest BCUT2D eigenvalue weighted by Crippen LogP contribution is -2.65. The Morgan fingerprint density at radius 2 is 1.25 bits per heavy atom. The molecule has 0 aliphatic heterocycles. The van der Waals surface area contributed by atoms with Crippen molar-refractivity contribution >= 4 is 17.8 Å². The highest BCUT2D eigenvalue weighted by molar-refractivity contribution is 5.84. The molecule has 6 nitrogen and oxygen atoms in total. The Morgan fingerprint density at radius 1 is 0.678 bits per heavy atom. The van der Waals surface area contributed by atoms with E-state index < -0.39 is 5.97 Å². The summed E-state index contributed by atoms with van der Waals surface area (Å²) in [7, 11) is 0. The van der Waals surface area contributed by atoms with Gasteiger partial charge in [-0.25, -0.2) is 0 Å². The normalized spacial score (nSPS) is 34.3. The number of fused-ring (bicyclic) bond motifs is 7. The first-order chi connectivity index (χ1) is 28.0. The molecule has 0 spiro atoms. The van der Waals surface area contributed by atoms with Gasteiger partial charge in [0.2, 0.25) is 5.91 Å². The van der Waals surface area contributed by atoms with Crippen molar-refractivity contribution in [1.29, 1.82) is 0 Å². The molecule has 338 valence electrons.